The van der Waals surface area contributed by atoms with Gasteiger partial charge in [0.05, 0.1) is 16.8 Å². The van der Waals surface area contributed by atoms with Gasteiger partial charge in [-0.25, -0.2) is 19.2 Å². The molecule has 0 unspecified atom stereocenters. The molecule has 3 aromatic rings. The minimum absolute atomic E-state index is 0.0695. The Labute approximate surface area is 180 Å². The first kappa shape index (κ1) is 19.8. The number of hydrogen-bond acceptors (Lipinski definition) is 3. The smallest absolute Gasteiger partial charge is 0.314 e. The first-order valence-electron chi connectivity index (χ1n) is 9.76. The van der Waals surface area contributed by atoms with E-state index in [0.717, 1.165) is 18.1 Å². The second-order valence-electron chi connectivity index (χ2n) is 7.64. The Balaban J connectivity index is 1.41. The lowest BCUT2D eigenvalue weighted by Crippen LogP contribution is -2.44. The van der Waals surface area contributed by atoms with Crippen molar-refractivity contribution in [1.82, 2.24) is 14.9 Å². The number of nitrogens with zero attached hydrogens (tertiary/aromatic N) is 3. The van der Waals surface area contributed by atoms with Crippen molar-refractivity contribution in [3.63, 3.8) is 0 Å². The monoisotopic (exact) mass is 444 g/mol. The number of hydrogen-bond donors (Lipinski definition) is 1. The predicted octanol–water partition coefficient (Wildman–Crippen LogP) is 5.51. The van der Waals surface area contributed by atoms with Crippen molar-refractivity contribution < 1.29 is 18.0 Å². The molecule has 2 amide bonds. The van der Waals surface area contributed by atoms with Gasteiger partial charge in [0.25, 0.3) is 0 Å². The second-order valence-corrected chi connectivity index (χ2v) is 8.05. The summed E-state index contributed by atoms with van der Waals surface area (Å²) >= 11 is 6.30. The van der Waals surface area contributed by atoms with E-state index in [1.807, 2.05) is 0 Å². The van der Waals surface area contributed by atoms with Crippen LogP contribution < -0.4 is 5.32 Å². The first-order chi connectivity index (χ1) is 14.9. The summed E-state index contributed by atoms with van der Waals surface area (Å²) < 4.78 is 41.9. The second kappa shape index (κ2) is 7.53. The van der Waals surface area contributed by atoms with Crippen LogP contribution in [-0.2, 0) is 6.42 Å². The molecule has 2 atom stereocenters. The molecule has 1 saturated heterocycles. The highest BCUT2D eigenvalue weighted by Gasteiger charge is 2.43. The van der Waals surface area contributed by atoms with Gasteiger partial charge in [0.2, 0.25) is 11.9 Å². The normalized spacial score (nSPS) is 19.3. The Morgan fingerprint density at radius 2 is 1.97 bits per heavy atom. The van der Waals surface area contributed by atoms with Gasteiger partial charge >= 0.3 is 6.03 Å². The SMILES string of the molecule is O=C(Nc1cc(Cl)c(-c2ccc(F)nc2)cc1F)N1[C@H]2CC[C@@H]1c1ccnc(F)c1C2. The van der Waals surface area contributed by atoms with Crippen molar-refractivity contribution >= 4 is 23.3 Å². The van der Waals surface area contributed by atoms with Crippen LogP contribution in [0.3, 0.4) is 0 Å². The third-order valence-electron chi connectivity index (χ3n) is 5.91. The summed E-state index contributed by atoms with van der Waals surface area (Å²) in [7, 11) is 0. The number of nitrogens with one attached hydrogen (secondary N) is 1. The van der Waals surface area contributed by atoms with Gasteiger partial charge in [0, 0.05) is 35.1 Å². The van der Waals surface area contributed by atoms with E-state index in [0.29, 0.717) is 29.5 Å². The van der Waals surface area contributed by atoms with Crippen molar-refractivity contribution in [3.8, 4) is 11.1 Å². The van der Waals surface area contributed by atoms with Gasteiger partial charge in [-0.3, -0.25) is 0 Å². The maximum Gasteiger partial charge on any atom is 0.322 e. The molecule has 0 spiro atoms. The van der Waals surface area contributed by atoms with Crippen LogP contribution in [-0.4, -0.2) is 26.9 Å². The van der Waals surface area contributed by atoms with Crippen molar-refractivity contribution in [2.45, 2.75) is 31.3 Å². The summed E-state index contributed by atoms with van der Waals surface area (Å²) in [6.45, 7) is 0. The Morgan fingerprint density at radius 3 is 2.74 bits per heavy atom. The molecule has 1 N–H and O–H groups in total. The van der Waals surface area contributed by atoms with E-state index in [-0.39, 0.29) is 22.8 Å². The van der Waals surface area contributed by atoms with Crippen LogP contribution in [0.2, 0.25) is 5.02 Å². The predicted molar refractivity (Wildman–Crippen MR) is 109 cm³/mol. The number of carbonyl (C=O) groups is 1. The van der Waals surface area contributed by atoms with E-state index in [2.05, 4.69) is 15.3 Å². The molecule has 5 nitrogen and oxygen atoms in total. The van der Waals surface area contributed by atoms with Crippen molar-refractivity contribution in [1.29, 1.82) is 0 Å². The summed E-state index contributed by atoms with van der Waals surface area (Å²) in [5, 5.41) is 2.78. The van der Waals surface area contributed by atoms with E-state index < -0.39 is 23.7 Å². The number of carbonyl (C=O) groups excluding carboxylic acids is 1. The van der Waals surface area contributed by atoms with Gasteiger partial charge in [0.15, 0.2) is 0 Å². The molecule has 31 heavy (non-hydrogen) atoms. The Kier molecular flexibility index (Phi) is 4.81. The molecule has 4 heterocycles. The fourth-order valence-electron chi connectivity index (χ4n) is 4.51. The molecule has 0 saturated carbocycles. The standard InChI is InChI=1S/C22H16ClF3N4O/c23-16-9-18(17(24)8-14(16)11-1-4-20(25)28-10-11)29-22(31)30-12-2-3-19(30)13-5-6-27-21(26)15(13)7-12/h1,4-6,8-10,12,19H,2-3,7H2,(H,29,31)/t12-,19+/m0/s1. The Morgan fingerprint density at radius 1 is 1.13 bits per heavy atom. The largest absolute Gasteiger partial charge is 0.322 e. The van der Waals surface area contributed by atoms with Gasteiger partial charge in [-0.1, -0.05) is 11.6 Å². The summed E-state index contributed by atoms with van der Waals surface area (Å²) in [5.41, 5.74) is 2.00. The minimum atomic E-state index is -0.683. The molecule has 158 valence electrons. The average Bonchev–Trinajstić information content (AvgIpc) is 3.07. The van der Waals surface area contributed by atoms with Crippen LogP contribution in [0.15, 0.2) is 42.7 Å². The number of pyridine rings is 2. The van der Waals surface area contributed by atoms with Gasteiger partial charge in [-0.05, 0) is 55.2 Å². The highest BCUT2D eigenvalue weighted by atomic mass is 35.5. The lowest BCUT2D eigenvalue weighted by Gasteiger charge is -2.36. The molecule has 2 aliphatic heterocycles. The molecule has 9 heteroatoms. The molecule has 2 bridgehead atoms. The maximum absolute atomic E-state index is 14.8. The van der Waals surface area contributed by atoms with Crippen molar-refractivity contribution in [2.24, 2.45) is 0 Å². The Bertz CT molecular complexity index is 1190. The van der Waals surface area contributed by atoms with E-state index in [9.17, 15) is 18.0 Å². The highest BCUT2D eigenvalue weighted by Crippen LogP contribution is 2.44. The molecule has 1 aromatic carbocycles. The van der Waals surface area contributed by atoms with Crippen molar-refractivity contribution in [2.75, 3.05) is 5.32 Å². The summed E-state index contributed by atoms with van der Waals surface area (Å²) in [6, 6.07) is 5.88. The summed E-state index contributed by atoms with van der Waals surface area (Å²) in [5.74, 6) is -1.84. The zero-order valence-electron chi connectivity index (χ0n) is 16.1. The van der Waals surface area contributed by atoms with Crippen molar-refractivity contribution in [3.05, 3.63) is 76.6 Å². The van der Waals surface area contributed by atoms with Gasteiger partial charge in [-0.2, -0.15) is 8.78 Å². The number of halogens is 4. The molecule has 5 rings (SSSR count). The van der Waals surface area contributed by atoms with Crippen LogP contribution in [0.5, 0.6) is 0 Å². The summed E-state index contributed by atoms with van der Waals surface area (Å²) in [6.07, 6.45) is 4.45. The molecule has 0 radical (unpaired) electrons. The highest BCUT2D eigenvalue weighted by molar-refractivity contribution is 6.33. The topological polar surface area (TPSA) is 58.1 Å². The molecule has 2 aliphatic rings. The molecular formula is C22H16ClF3N4O. The zero-order chi connectivity index (χ0) is 21.7. The third-order valence-corrected chi connectivity index (χ3v) is 6.22. The minimum Gasteiger partial charge on any atom is -0.314 e. The third kappa shape index (κ3) is 3.40. The number of rotatable bonds is 2. The van der Waals surface area contributed by atoms with Crippen LogP contribution in [0.4, 0.5) is 23.7 Å². The van der Waals surface area contributed by atoms with Crippen LogP contribution in [0, 0.1) is 17.7 Å². The van der Waals surface area contributed by atoms with E-state index >= 15 is 0 Å². The number of benzene rings is 1. The molecular weight excluding hydrogens is 429 g/mol. The number of aromatic nitrogens is 2. The molecule has 0 aliphatic carbocycles. The lowest BCUT2D eigenvalue weighted by molar-refractivity contribution is 0.178. The summed E-state index contributed by atoms with van der Waals surface area (Å²) in [4.78, 5) is 21.9. The number of urea groups is 1. The van der Waals surface area contributed by atoms with Crippen LogP contribution in [0.1, 0.15) is 30.0 Å². The quantitative estimate of drug-likeness (QED) is 0.530. The lowest BCUT2D eigenvalue weighted by atomic mass is 9.95. The number of amides is 2. The fraction of sp³-hybridized carbons (Fsp3) is 0.227. The van der Waals surface area contributed by atoms with E-state index in [4.69, 9.17) is 11.6 Å². The zero-order valence-corrected chi connectivity index (χ0v) is 16.8. The van der Waals surface area contributed by atoms with Crippen LogP contribution >= 0.6 is 11.6 Å². The van der Waals surface area contributed by atoms with Gasteiger partial charge in [0.1, 0.15) is 5.82 Å². The maximum atomic E-state index is 14.8. The fourth-order valence-corrected chi connectivity index (χ4v) is 4.78. The Hall–Kier alpha value is -3.13. The number of fused-ring (bicyclic) bond motifs is 4. The average molecular weight is 445 g/mol. The van der Waals surface area contributed by atoms with Crippen LogP contribution in [0.25, 0.3) is 11.1 Å². The number of anilines is 1. The van der Waals surface area contributed by atoms with Gasteiger partial charge in [-0.15, -0.1) is 0 Å². The van der Waals surface area contributed by atoms with E-state index in [1.165, 1.54) is 30.6 Å². The molecule has 2 aromatic heterocycles. The van der Waals surface area contributed by atoms with Gasteiger partial charge < -0.3 is 10.2 Å². The first-order valence-corrected chi connectivity index (χ1v) is 10.1. The van der Waals surface area contributed by atoms with E-state index in [1.54, 1.807) is 11.0 Å². The molecule has 1 fully saturated rings.